The first-order valence-corrected chi connectivity index (χ1v) is 10.3. The van der Waals surface area contributed by atoms with Gasteiger partial charge in [-0.15, -0.1) is 0 Å². The normalized spacial score (nSPS) is 22.9. The fraction of sp³-hybridized carbons (Fsp3) is 0.240. The van der Waals surface area contributed by atoms with Crippen LogP contribution in [0.5, 0.6) is 0 Å². The first kappa shape index (κ1) is 19.5. The molecule has 6 heteroatoms. The van der Waals surface area contributed by atoms with Crippen molar-refractivity contribution in [1.82, 2.24) is 4.98 Å². The lowest BCUT2D eigenvalue weighted by molar-refractivity contribution is -0.126. The smallest absolute Gasteiger partial charge is 0.266 e. The van der Waals surface area contributed by atoms with Gasteiger partial charge in [-0.2, -0.15) is 0 Å². The van der Waals surface area contributed by atoms with Gasteiger partial charge < -0.3 is 0 Å². The molecule has 156 valence electrons. The summed E-state index contributed by atoms with van der Waals surface area (Å²) in [4.78, 5) is 38.8. The number of amides is 2. The number of para-hydroxylation sites is 1. The Labute approximate surface area is 181 Å². The van der Waals surface area contributed by atoms with Gasteiger partial charge in [0.15, 0.2) is 6.10 Å². The second-order valence-electron chi connectivity index (χ2n) is 8.20. The van der Waals surface area contributed by atoms with Gasteiger partial charge in [-0.05, 0) is 61.7 Å². The number of hydrogen-bond acceptors (Lipinski definition) is 5. The van der Waals surface area contributed by atoms with Crippen LogP contribution in [-0.2, 0) is 14.4 Å². The number of benzene rings is 2. The van der Waals surface area contributed by atoms with Crippen LogP contribution in [0.3, 0.4) is 0 Å². The van der Waals surface area contributed by atoms with Crippen molar-refractivity contribution < 1.29 is 14.4 Å². The number of pyridine rings is 1. The molecule has 3 aromatic rings. The van der Waals surface area contributed by atoms with Crippen molar-refractivity contribution in [3.63, 3.8) is 0 Å². The molecule has 2 aliphatic heterocycles. The highest BCUT2D eigenvalue weighted by atomic mass is 16.7. The molecule has 0 aliphatic carbocycles. The monoisotopic (exact) mass is 413 g/mol. The molecule has 0 N–H and O–H groups in total. The molecule has 0 radical (unpaired) electrons. The number of hydroxylamine groups is 1. The van der Waals surface area contributed by atoms with Crippen molar-refractivity contribution in [2.75, 3.05) is 9.96 Å². The molecule has 2 aliphatic rings. The summed E-state index contributed by atoms with van der Waals surface area (Å²) in [6, 6.07) is 16.9. The zero-order valence-electron chi connectivity index (χ0n) is 17.6. The van der Waals surface area contributed by atoms with E-state index in [-0.39, 0.29) is 11.8 Å². The molecule has 2 fully saturated rings. The van der Waals surface area contributed by atoms with Crippen LogP contribution in [0.1, 0.15) is 28.3 Å². The van der Waals surface area contributed by atoms with Crippen LogP contribution in [0.15, 0.2) is 67.0 Å². The topological polar surface area (TPSA) is 62.7 Å². The number of nitrogens with zero attached hydrogens (tertiary/aromatic N) is 3. The average Bonchev–Trinajstić information content (AvgIpc) is 3.26. The van der Waals surface area contributed by atoms with Crippen molar-refractivity contribution in [2.24, 2.45) is 5.92 Å². The van der Waals surface area contributed by atoms with Gasteiger partial charge in [0.2, 0.25) is 5.91 Å². The fourth-order valence-electron chi connectivity index (χ4n) is 4.86. The molecule has 0 saturated carbocycles. The molecule has 1 aromatic heterocycles. The predicted octanol–water partition coefficient (Wildman–Crippen LogP) is 4.06. The number of anilines is 2. The van der Waals surface area contributed by atoms with Crippen molar-refractivity contribution in [3.8, 4) is 0 Å². The van der Waals surface area contributed by atoms with Gasteiger partial charge in [-0.25, -0.2) is 9.96 Å². The van der Waals surface area contributed by atoms with E-state index in [9.17, 15) is 9.59 Å². The minimum Gasteiger partial charge on any atom is -0.273 e. The van der Waals surface area contributed by atoms with Crippen molar-refractivity contribution in [2.45, 2.75) is 32.9 Å². The molecule has 6 nitrogen and oxygen atoms in total. The van der Waals surface area contributed by atoms with E-state index in [1.165, 1.54) is 4.90 Å². The molecule has 0 spiro atoms. The van der Waals surface area contributed by atoms with Crippen LogP contribution in [0.25, 0.3) is 0 Å². The van der Waals surface area contributed by atoms with Gasteiger partial charge in [0, 0.05) is 12.4 Å². The maximum absolute atomic E-state index is 13.7. The van der Waals surface area contributed by atoms with Crippen LogP contribution in [0.2, 0.25) is 0 Å². The molecule has 2 aromatic carbocycles. The highest BCUT2D eigenvalue weighted by Gasteiger charge is 2.60. The molecule has 0 bridgehead atoms. The molecule has 2 saturated heterocycles. The van der Waals surface area contributed by atoms with Gasteiger partial charge in [-0.3, -0.25) is 19.4 Å². The van der Waals surface area contributed by atoms with Crippen LogP contribution in [-0.4, -0.2) is 22.9 Å². The predicted molar refractivity (Wildman–Crippen MR) is 117 cm³/mol. The van der Waals surface area contributed by atoms with Crippen LogP contribution in [0, 0.1) is 26.7 Å². The fourth-order valence-corrected chi connectivity index (χ4v) is 4.86. The summed E-state index contributed by atoms with van der Waals surface area (Å²) in [6.45, 7) is 5.87. The number of imide groups is 1. The SMILES string of the molecule is Cc1cc(C)c(N2C(=O)[C@H]3[C@@H](c4ccncc4)N(c4ccccc4)O[C@H]3C2=O)c(C)c1. The summed E-state index contributed by atoms with van der Waals surface area (Å²) in [5, 5.41) is 1.70. The lowest BCUT2D eigenvalue weighted by Gasteiger charge is -2.29. The second-order valence-corrected chi connectivity index (χ2v) is 8.20. The molecular weight excluding hydrogens is 390 g/mol. The summed E-state index contributed by atoms with van der Waals surface area (Å²) in [5.41, 5.74) is 5.25. The van der Waals surface area contributed by atoms with Gasteiger partial charge in [0.25, 0.3) is 5.91 Å². The third-order valence-corrected chi connectivity index (χ3v) is 6.03. The molecule has 3 heterocycles. The number of rotatable bonds is 3. The van der Waals surface area contributed by atoms with Gasteiger partial charge in [0.05, 0.1) is 17.4 Å². The summed E-state index contributed by atoms with van der Waals surface area (Å²) in [6.07, 6.45) is 2.52. The maximum atomic E-state index is 13.7. The quantitative estimate of drug-likeness (QED) is 0.606. The zero-order valence-corrected chi connectivity index (χ0v) is 17.6. The van der Waals surface area contributed by atoms with Gasteiger partial charge in [0.1, 0.15) is 5.92 Å². The standard InChI is InChI=1S/C25H23N3O3/c1-15-13-16(2)21(17(3)14-15)27-24(29)20-22(18-9-11-26-12-10-18)28(31-23(20)25(27)30)19-7-5-4-6-8-19/h4-14,20,22-23H,1-3H3/t20-,22+,23+/m0/s1. The largest absolute Gasteiger partial charge is 0.273 e. The molecule has 31 heavy (non-hydrogen) atoms. The Balaban J connectivity index is 1.61. The Hall–Kier alpha value is -3.51. The van der Waals surface area contributed by atoms with E-state index in [2.05, 4.69) is 4.98 Å². The van der Waals surface area contributed by atoms with E-state index in [1.807, 2.05) is 75.4 Å². The van der Waals surface area contributed by atoms with Crippen LogP contribution in [0.4, 0.5) is 11.4 Å². The van der Waals surface area contributed by atoms with Crippen molar-refractivity contribution in [1.29, 1.82) is 0 Å². The summed E-state index contributed by atoms with van der Waals surface area (Å²) < 4.78 is 0. The lowest BCUT2D eigenvalue weighted by atomic mass is 9.91. The summed E-state index contributed by atoms with van der Waals surface area (Å²) in [5.74, 6) is -1.19. The number of aryl methyl sites for hydroxylation is 3. The molecule has 2 amide bonds. The van der Waals surface area contributed by atoms with E-state index in [1.54, 1.807) is 17.5 Å². The number of carbonyl (C=O) groups excluding carboxylic acids is 2. The minimum atomic E-state index is -0.869. The summed E-state index contributed by atoms with van der Waals surface area (Å²) in [7, 11) is 0. The Morgan fingerprint density at radius 3 is 2.16 bits per heavy atom. The third-order valence-electron chi connectivity index (χ3n) is 6.03. The number of aromatic nitrogens is 1. The van der Waals surface area contributed by atoms with Crippen LogP contribution >= 0.6 is 0 Å². The van der Waals surface area contributed by atoms with E-state index >= 15 is 0 Å². The number of carbonyl (C=O) groups is 2. The first-order valence-electron chi connectivity index (χ1n) is 10.3. The molecule has 0 unspecified atom stereocenters. The number of fused-ring (bicyclic) bond motifs is 1. The average molecular weight is 413 g/mol. The molecular formula is C25H23N3O3. The highest BCUT2D eigenvalue weighted by Crippen LogP contribution is 2.48. The Bertz CT molecular complexity index is 1140. The first-order chi connectivity index (χ1) is 15.0. The molecule has 3 atom stereocenters. The van der Waals surface area contributed by atoms with Crippen molar-refractivity contribution >= 4 is 23.2 Å². The van der Waals surface area contributed by atoms with E-state index in [0.29, 0.717) is 5.69 Å². The maximum Gasteiger partial charge on any atom is 0.266 e. The van der Waals surface area contributed by atoms with Crippen molar-refractivity contribution in [3.05, 3.63) is 89.2 Å². The van der Waals surface area contributed by atoms with E-state index in [4.69, 9.17) is 4.84 Å². The highest BCUT2D eigenvalue weighted by molar-refractivity contribution is 6.24. The third kappa shape index (κ3) is 3.02. The van der Waals surface area contributed by atoms with E-state index < -0.39 is 18.1 Å². The van der Waals surface area contributed by atoms with Gasteiger partial charge >= 0.3 is 0 Å². The van der Waals surface area contributed by atoms with Gasteiger partial charge in [-0.1, -0.05) is 35.9 Å². The Kier molecular flexibility index (Phi) is 4.59. The summed E-state index contributed by atoms with van der Waals surface area (Å²) >= 11 is 0. The van der Waals surface area contributed by atoms with Crippen LogP contribution < -0.4 is 9.96 Å². The Morgan fingerprint density at radius 1 is 0.871 bits per heavy atom. The zero-order chi connectivity index (χ0) is 21.7. The Morgan fingerprint density at radius 2 is 1.52 bits per heavy atom. The number of hydrogen-bond donors (Lipinski definition) is 0. The second kappa shape index (κ2) is 7.32. The minimum absolute atomic E-state index is 0.231. The van der Waals surface area contributed by atoms with E-state index in [0.717, 1.165) is 27.9 Å². The lowest BCUT2D eigenvalue weighted by Crippen LogP contribution is -2.38. The molecule has 5 rings (SSSR count).